The van der Waals surface area contributed by atoms with Crippen LogP contribution in [0.15, 0.2) is 72.8 Å². The molecule has 4 aromatic rings. The molecule has 0 N–H and O–H groups in total. The summed E-state index contributed by atoms with van der Waals surface area (Å²) in [5, 5.41) is 2.50. The van der Waals surface area contributed by atoms with Crippen LogP contribution in [0.5, 0.6) is 0 Å². The minimum absolute atomic E-state index is 0.112. The number of thiophene rings is 1. The average Bonchev–Trinajstić information content (AvgIpc) is 3.24. The van der Waals surface area contributed by atoms with Gasteiger partial charge in [0.15, 0.2) is 0 Å². The number of carbonyl (C=O) groups is 1. The molecule has 0 saturated carbocycles. The second-order valence-electron chi connectivity index (χ2n) is 9.37. The lowest BCUT2D eigenvalue weighted by Crippen LogP contribution is -2.21. The van der Waals surface area contributed by atoms with Crippen molar-refractivity contribution < 1.29 is 9.53 Å². The van der Waals surface area contributed by atoms with Gasteiger partial charge in [-0.25, -0.2) is 4.79 Å². The third-order valence-corrected chi connectivity index (χ3v) is 7.58. The predicted molar refractivity (Wildman–Crippen MR) is 139 cm³/mol. The number of hydrogen-bond donors (Lipinski definition) is 0. The van der Waals surface area contributed by atoms with Gasteiger partial charge in [-0.2, -0.15) is 0 Å². The van der Waals surface area contributed by atoms with E-state index < -0.39 is 0 Å². The first-order chi connectivity index (χ1) is 15.9. The quantitative estimate of drug-likeness (QED) is 0.292. The summed E-state index contributed by atoms with van der Waals surface area (Å²) < 4.78 is 5.11. The van der Waals surface area contributed by atoms with Gasteiger partial charge in [0.05, 0.1) is 12.2 Å². The molecular weight excluding hydrogens is 424 g/mol. The Morgan fingerprint density at radius 1 is 0.939 bits per heavy atom. The van der Waals surface area contributed by atoms with Gasteiger partial charge < -0.3 is 4.74 Å². The minimum Gasteiger partial charge on any atom is -0.462 e. The van der Waals surface area contributed by atoms with Crippen LogP contribution in [-0.2, 0) is 10.2 Å². The number of rotatable bonds is 4. The molecule has 0 spiro atoms. The summed E-state index contributed by atoms with van der Waals surface area (Å²) in [6.45, 7) is 9.05. The molecule has 166 valence electrons. The zero-order chi connectivity index (χ0) is 23.2. The Hall–Kier alpha value is -3.17. The lowest BCUT2D eigenvalue weighted by molar-refractivity contribution is 0.0526. The van der Waals surface area contributed by atoms with E-state index in [1.165, 1.54) is 37.2 Å². The van der Waals surface area contributed by atoms with Crippen molar-refractivity contribution in [2.45, 2.75) is 39.5 Å². The number of benzene rings is 3. The highest BCUT2D eigenvalue weighted by molar-refractivity contribution is 7.13. The number of ether oxygens (including phenoxy) is 1. The normalized spacial score (nSPS) is 14.6. The van der Waals surface area contributed by atoms with Crippen molar-refractivity contribution >= 4 is 33.7 Å². The van der Waals surface area contributed by atoms with Crippen molar-refractivity contribution in [1.82, 2.24) is 0 Å². The zero-order valence-electron chi connectivity index (χ0n) is 19.6. The van der Waals surface area contributed by atoms with Gasteiger partial charge in [0, 0.05) is 9.75 Å². The van der Waals surface area contributed by atoms with Crippen LogP contribution >= 0.6 is 11.3 Å². The molecule has 33 heavy (non-hydrogen) atoms. The molecule has 1 aliphatic carbocycles. The molecule has 0 saturated heterocycles. The highest BCUT2D eigenvalue weighted by Crippen LogP contribution is 2.44. The molecule has 5 rings (SSSR count). The Kier molecular flexibility index (Phi) is 5.46. The molecule has 0 atom stereocenters. The van der Waals surface area contributed by atoms with Gasteiger partial charge in [-0.15, -0.1) is 11.3 Å². The molecule has 0 aliphatic heterocycles. The average molecular weight is 453 g/mol. The van der Waals surface area contributed by atoms with E-state index in [0.717, 1.165) is 17.5 Å². The Labute approximate surface area is 199 Å². The van der Waals surface area contributed by atoms with E-state index >= 15 is 0 Å². The molecule has 1 aromatic heterocycles. The van der Waals surface area contributed by atoms with Gasteiger partial charge in [-0.3, -0.25) is 0 Å². The third kappa shape index (κ3) is 4.02. The van der Waals surface area contributed by atoms with Crippen LogP contribution in [0.25, 0.3) is 27.5 Å². The third-order valence-electron chi connectivity index (χ3n) is 6.55. The Morgan fingerprint density at radius 2 is 1.70 bits per heavy atom. The highest BCUT2D eigenvalue weighted by Gasteiger charge is 2.29. The number of aryl methyl sites for hydroxylation is 1. The van der Waals surface area contributed by atoms with Crippen molar-refractivity contribution in [2.75, 3.05) is 6.61 Å². The van der Waals surface area contributed by atoms with Gasteiger partial charge >= 0.3 is 5.97 Å². The summed E-state index contributed by atoms with van der Waals surface area (Å²) in [5.41, 5.74) is 7.05. The lowest BCUT2D eigenvalue weighted by atomic mass is 9.72. The SMILES string of the molecule is CCOC(=O)c1ccc(-c2ccc3cc4c(cc3c2)C(c2ccc(C)s2)=CCC4(C)C)cc1. The molecule has 3 heteroatoms. The first-order valence-electron chi connectivity index (χ1n) is 11.5. The smallest absolute Gasteiger partial charge is 0.338 e. The maximum absolute atomic E-state index is 12.0. The number of carbonyl (C=O) groups excluding carboxylic acids is 1. The van der Waals surface area contributed by atoms with Gasteiger partial charge in [0.1, 0.15) is 0 Å². The van der Waals surface area contributed by atoms with Crippen molar-refractivity contribution in [2.24, 2.45) is 0 Å². The Bertz CT molecular complexity index is 1390. The van der Waals surface area contributed by atoms with E-state index in [1.807, 2.05) is 42.5 Å². The molecule has 0 bridgehead atoms. The van der Waals surface area contributed by atoms with Gasteiger partial charge in [-0.1, -0.05) is 44.2 Å². The summed E-state index contributed by atoms with van der Waals surface area (Å²) in [7, 11) is 0. The summed E-state index contributed by atoms with van der Waals surface area (Å²) in [6.07, 6.45) is 3.46. The van der Waals surface area contributed by atoms with Crippen molar-refractivity contribution in [1.29, 1.82) is 0 Å². The number of allylic oxidation sites excluding steroid dienone is 1. The maximum atomic E-state index is 12.0. The summed E-state index contributed by atoms with van der Waals surface area (Å²) in [5.74, 6) is -0.278. The van der Waals surface area contributed by atoms with Crippen molar-refractivity contribution in [3.8, 4) is 11.1 Å². The van der Waals surface area contributed by atoms with E-state index in [1.54, 1.807) is 0 Å². The molecule has 1 heterocycles. The number of fused-ring (bicyclic) bond motifs is 2. The molecule has 3 aromatic carbocycles. The van der Waals surface area contributed by atoms with Crippen molar-refractivity contribution in [3.63, 3.8) is 0 Å². The first kappa shape index (κ1) is 21.7. The largest absolute Gasteiger partial charge is 0.462 e. The van der Waals surface area contributed by atoms with Crippen molar-refractivity contribution in [3.05, 3.63) is 99.3 Å². The summed E-state index contributed by atoms with van der Waals surface area (Å²) in [4.78, 5) is 14.7. The fourth-order valence-corrected chi connectivity index (χ4v) is 5.59. The molecule has 0 amide bonds. The Balaban J connectivity index is 1.58. The number of hydrogen-bond acceptors (Lipinski definition) is 3. The second kappa shape index (κ2) is 8.31. The molecule has 1 aliphatic rings. The van der Waals surface area contributed by atoms with Gasteiger partial charge in [-0.05, 0) is 107 Å². The van der Waals surface area contributed by atoms with Crippen LogP contribution in [-0.4, -0.2) is 12.6 Å². The molecule has 2 nitrogen and oxygen atoms in total. The molecule has 0 unspecified atom stereocenters. The number of esters is 1. The minimum atomic E-state index is -0.278. The van der Waals surface area contributed by atoms with Crippen LogP contribution in [0, 0.1) is 6.92 Å². The Morgan fingerprint density at radius 3 is 2.39 bits per heavy atom. The lowest BCUT2D eigenvalue weighted by Gasteiger charge is -2.32. The monoisotopic (exact) mass is 452 g/mol. The van der Waals surface area contributed by atoms with Crippen LogP contribution in [0.2, 0.25) is 0 Å². The zero-order valence-corrected chi connectivity index (χ0v) is 20.4. The van der Waals surface area contributed by atoms with E-state index in [0.29, 0.717) is 12.2 Å². The van der Waals surface area contributed by atoms with Crippen LogP contribution in [0.3, 0.4) is 0 Å². The predicted octanol–water partition coefficient (Wildman–Crippen LogP) is 8.17. The summed E-state index contributed by atoms with van der Waals surface area (Å²) in [6, 6.07) is 23.5. The fraction of sp³-hybridized carbons (Fsp3) is 0.233. The van der Waals surface area contributed by atoms with E-state index in [-0.39, 0.29) is 11.4 Å². The van der Waals surface area contributed by atoms with Gasteiger partial charge in [0.25, 0.3) is 0 Å². The van der Waals surface area contributed by atoms with E-state index in [4.69, 9.17) is 4.74 Å². The van der Waals surface area contributed by atoms with E-state index in [2.05, 4.69) is 69.3 Å². The topological polar surface area (TPSA) is 26.3 Å². The molecule has 0 radical (unpaired) electrons. The standard InChI is InChI=1S/C30H28O2S/c1-5-32-29(31)21-9-7-20(8-10-21)22-11-12-23-18-27-26(17-24(23)16-22)25(14-15-30(27,3)4)28-13-6-19(2)33-28/h6-14,16-18H,5,15H2,1-4H3. The van der Waals surface area contributed by atoms with Crippen LogP contribution in [0.1, 0.15) is 58.4 Å². The second-order valence-corrected chi connectivity index (χ2v) is 10.7. The van der Waals surface area contributed by atoms with Gasteiger partial charge in [0.2, 0.25) is 0 Å². The van der Waals surface area contributed by atoms with Crippen LogP contribution < -0.4 is 0 Å². The van der Waals surface area contributed by atoms with E-state index in [9.17, 15) is 4.79 Å². The highest BCUT2D eigenvalue weighted by atomic mass is 32.1. The molecule has 0 fully saturated rings. The maximum Gasteiger partial charge on any atom is 0.338 e. The molecular formula is C30H28O2S. The first-order valence-corrected chi connectivity index (χ1v) is 12.3. The summed E-state index contributed by atoms with van der Waals surface area (Å²) >= 11 is 1.86. The fourth-order valence-electron chi connectivity index (χ4n) is 4.66. The van der Waals surface area contributed by atoms with Crippen LogP contribution in [0.4, 0.5) is 0 Å².